The van der Waals surface area contributed by atoms with Crippen LogP contribution in [0.1, 0.15) is 38.8 Å². The SMILES string of the molecule is CC(=O)O[C@@H](CCl)COc1c(Cl)cc(C(C)(C)c2ccc(OC[C@H](C)CF)cc2)cc1Cl. The molecule has 0 amide bonds. The fraction of sp³-hybridized carbons (Fsp3) is 0.458. The molecule has 8 heteroatoms. The zero-order valence-corrected chi connectivity index (χ0v) is 20.9. The van der Waals surface area contributed by atoms with Gasteiger partial charge in [0.25, 0.3) is 0 Å². The first-order valence-electron chi connectivity index (χ1n) is 10.2. The average Bonchev–Trinajstić information content (AvgIpc) is 2.75. The summed E-state index contributed by atoms with van der Waals surface area (Å²) in [6.07, 6.45) is -0.606. The minimum atomic E-state index is -0.606. The molecule has 32 heavy (non-hydrogen) atoms. The number of ether oxygens (including phenoxy) is 3. The third kappa shape index (κ3) is 7.16. The minimum absolute atomic E-state index is 0.0355. The van der Waals surface area contributed by atoms with Crippen LogP contribution < -0.4 is 9.47 Å². The van der Waals surface area contributed by atoms with E-state index in [0.29, 0.717) is 28.2 Å². The van der Waals surface area contributed by atoms with Crippen LogP contribution in [0.4, 0.5) is 4.39 Å². The van der Waals surface area contributed by atoms with Gasteiger partial charge in [-0.25, -0.2) is 0 Å². The van der Waals surface area contributed by atoms with Crippen LogP contribution in [0, 0.1) is 5.92 Å². The molecule has 0 aliphatic carbocycles. The molecule has 176 valence electrons. The quantitative estimate of drug-likeness (QED) is 0.247. The van der Waals surface area contributed by atoms with Gasteiger partial charge in [0.2, 0.25) is 0 Å². The van der Waals surface area contributed by atoms with Crippen LogP contribution in [0.25, 0.3) is 0 Å². The number of alkyl halides is 2. The zero-order valence-electron chi connectivity index (χ0n) is 18.6. The number of rotatable bonds is 11. The number of hydrogen-bond donors (Lipinski definition) is 0. The Balaban J connectivity index is 2.17. The van der Waals surface area contributed by atoms with Crippen LogP contribution in [-0.2, 0) is 14.9 Å². The molecule has 0 fully saturated rings. The molecule has 2 atom stereocenters. The van der Waals surface area contributed by atoms with Crippen LogP contribution in [0.5, 0.6) is 11.5 Å². The lowest BCUT2D eigenvalue weighted by Gasteiger charge is -2.27. The summed E-state index contributed by atoms with van der Waals surface area (Å²) in [5.41, 5.74) is 1.52. The number of benzene rings is 2. The van der Waals surface area contributed by atoms with Gasteiger partial charge in [-0.15, -0.1) is 11.6 Å². The summed E-state index contributed by atoms with van der Waals surface area (Å²) in [5, 5.41) is 0.689. The fourth-order valence-electron chi connectivity index (χ4n) is 3.00. The molecule has 2 rings (SSSR count). The predicted molar refractivity (Wildman–Crippen MR) is 127 cm³/mol. The summed E-state index contributed by atoms with van der Waals surface area (Å²) < 4.78 is 29.0. The standard InChI is InChI=1S/C24H28Cl3FO4/c1-15(12-28)13-30-19-7-5-17(6-8-19)24(3,4)18-9-21(26)23(22(27)10-18)31-14-20(11-25)32-16(2)29/h5-10,15,20H,11-14H2,1-4H3/t15-,20+/m1/s1. The molecule has 0 aromatic heterocycles. The third-order valence-corrected chi connectivity index (χ3v) is 5.92. The molecular formula is C24H28Cl3FO4. The fourth-order valence-corrected chi connectivity index (χ4v) is 3.75. The highest BCUT2D eigenvalue weighted by Gasteiger charge is 2.26. The van der Waals surface area contributed by atoms with Crippen molar-refractivity contribution in [1.29, 1.82) is 0 Å². The van der Waals surface area contributed by atoms with Gasteiger partial charge in [-0.3, -0.25) is 9.18 Å². The van der Waals surface area contributed by atoms with Crippen molar-refractivity contribution >= 4 is 40.8 Å². The van der Waals surface area contributed by atoms with Crippen molar-refractivity contribution in [2.75, 3.05) is 25.8 Å². The van der Waals surface area contributed by atoms with Crippen molar-refractivity contribution in [1.82, 2.24) is 0 Å². The highest BCUT2D eigenvalue weighted by Crippen LogP contribution is 2.40. The van der Waals surface area contributed by atoms with E-state index >= 15 is 0 Å². The lowest BCUT2D eigenvalue weighted by molar-refractivity contribution is -0.146. The van der Waals surface area contributed by atoms with Crippen LogP contribution in [-0.4, -0.2) is 37.8 Å². The number of carbonyl (C=O) groups excluding carboxylic acids is 1. The molecule has 0 bridgehead atoms. The van der Waals surface area contributed by atoms with Gasteiger partial charge < -0.3 is 14.2 Å². The second kappa shape index (κ2) is 12.0. The topological polar surface area (TPSA) is 44.8 Å². The van der Waals surface area contributed by atoms with Crippen molar-refractivity contribution in [3.63, 3.8) is 0 Å². The minimum Gasteiger partial charge on any atom is -0.493 e. The molecule has 0 unspecified atom stereocenters. The first-order chi connectivity index (χ1) is 15.1. The first-order valence-corrected chi connectivity index (χ1v) is 11.5. The lowest BCUT2D eigenvalue weighted by atomic mass is 9.78. The van der Waals surface area contributed by atoms with Gasteiger partial charge in [0, 0.05) is 18.3 Å². The first kappa shape index (κ1) is 26.6. The largest absolute Gasteiger partial charge is 0.493 e. The van der Waals surface area contributed by atoms with Gasteiger partial charge in [-0.2, -0.15) is 0 Å². The molecule has 0 saturated carbocycles. The Labute approximate surface area is 203 Å². The van der Waals surface area contributed by atoms with Crippen molar-refractivity contribution in [3.05, 3.63) is 57.6 Å². The number of carbonyl (C=O) groups is 1. The molecule has 0 radical (unpaired) electrons. The number of hydrogen-bond acceptors (Lipinski definition) is 4. The summed E-state index contributed by atoms with van der Waals surface area (Å²) >= 11 is 18.8. The highest BCUT2D eigenvalue weighted by molar-refractivity contribution is 6.37. The molecule has 0 N–H and O–H groups in total. The summed E-state index contributed by atoms with van der Waals surface area (Å²) in [4.78, 5) is 11.1. The van der Waals surface area contributed by atoms with E-state index in [1.54, 1.807) is 19.1 Å². The highest BCUT2D eigenvalue weighted by atomic mass is 35.5. The summed E-state index contributed by atoms with van der Waals surface area (Å²) in [6.45, 7) is 7.16. The number of esters is 1. The van der Waals surface area contributed by atoms with Gasteiger partial charge in [0.1, 0.15) is 18.5 Å². The monoisotopic (exact) mass is 504 g/mol. The van der Waals surface area contributed by atoms with Crippen molar-refractivity contribution in [2.45, 2.75) is 39.2 Å². The Morgan fingerprint density at radius 3 is 2.12 bits per heavy atom. The van der Waals surface area contributed by atoms with Crippen LogP contribution in [0.2, 0.25) is 10.0 Å². The zero-order chi connectivity index (χ0) is 23.9. The maximum absolute atomic E-state index is 12.6. The van der Waals surface area contributed by atoms with E-state index in [9.17, 15) is 9.18 Å². The van der Waals surface area contributed by atoms with Crippen molar-refractivity contribution in [3.8, 4) is 11.5 Å². The maximum Gasteiger partial charge on any atom is 0.303 e. The van der Waals surface area contributed by atoms with Crippen molar-refractivity contribution in [2.24, 2.45) is 5.92 Å². The van der Waals surface area contributed by atoms with E-state index in [4.69, 9.17) is 49.0 Å². The molecule has 2 aromatic rings. The van der Waals surface area contributed by atoms with Crippen LogP contribution >= 0.6 is 34.8 Å². The molecule has 0 saturated heterocycles. The van der Waals surface area contributed by atoms with Gasteiger partial charge in [0.15, 0.2) is 5.75 Å². The Morgan fingerprint density at radius 2 is 1.62 bits per heavy atom. The van der Waals surface area contributed by atoms with Crippen molar-refractivity contribution < 1.29 is 23.4 Å². The third-order valence-electron chi connectivity index (χ3n) is 5.01. The van der Waals surface area contributed by atoms with E-state index in [-0.39, 0.29) is 18.4 Å². The van der Waals surface area contributed by atoms with Gasteiger partial charge >= 0.3 is 5.97 Å². The Bertz CT molecular complexity index is 880. The Morgan fingerprint density at radius 1 is 1.03 bits per heavy atom. The number of halogens is 4. The summed E-state index contributed by atoms with van der Waals surface area (Å²) in [7, 11) is 0. The maximum atomic E-state index is 12.6. The molecule has 0 aliphatic rings. The Kier molecular flexibility index (Phi) is 9.93. The second-order valence-electron chi connectivity index (χ2n) is 8.19. The molecule has 0 heterocycles. The normalized spacial score (nSPS) is 13.4. The molecule has 0 spiro atoms. The smallest absolute Gasteiger partial charge is 0.303 e. The Hall–Kier alpha value is -1.69. The molecule has 4 nitrogen and oxygen atoms in total. The van der Waals surface area contributed by atoms with Crippen LogP contribution in [0.3, 0.4) is 0 Å². The van der Waals surface area contributed by atoms with E-state index in [0.717, 1.165) is 11.1 Å². The molecule has 2 aromatic carbocycles. The van der Waals surface area contributed by atoms with E-state index < -0.39 is 24.2 Å². The average molecular weight is 506 g/mol. The summed E-state index contributed by atoms with van der Waals surface area (Å²) in [5.74, 6) is 0.491. The van der Waals surface area contributed by atoms with Crippen LogP contribution in [0.15, 0.2) is 36.4 Å². The molecule has 0 aliphatic heterocycles. The predicted octanol–water partition coefficient (Wildman–Crippen LogP) is 6.85. The van der Waals surface area contributed by atoms with E-state index in [1.807, 2.05) is 24.3 Å². The van der Waals surface area contributed by atoms with E-state index in [2.05, 4.69) is 13.8 Å². The van der Waals surface area contributed by atoms with Gasteiger partial charge in [0.05, 0.1) is 29.2 Å². The molecular weight excluding hydrogens is 478 g/mol. The lowest BCUT2D eigenvalue weighted by Crippen LogP contribution is -2.26. The summed E-state index contributed by atoms with van der Waals surface area (Å²) in [6, 6.07) is 11.3. The van der Waals surface area contributed by atoms with Gasteiger partial charge in [-0.1, -0.05) is 56.1 Å². The van der Waals surface area contributed by atoms with Gasteiger partial charge in [-0.05, 0) is 35.4 Å². The second-order valence-corrected chi connectivity index (χ2v) is 9.31. The van der Waals surface area contributed by atoms with E-state index in [1.165, 1.54) is 6.92 Å².